The van der Waals surface area contributed by atoms with Crippen LogP contribution >= 0.6 is 0 Å². The molecule has 22 heavy (non-hydrogen) atoms. The van der Waals surface area contributed by atoms with Crippen molar-refractivity contribution in [3.8, 4) is 0 Å². The van der Waals surface area contributed by atoms with Crippen LogP contribution in [-0.2, 0) is 11.8 Å². The fourth-order valence-electron chi connectivity index (χ4n) is 3.17. The highest BCUT2D eigenvalue weighted by molar-refractivity contribution is 5.93. The summed E-state index contributed by atoms with van der Waals surface area (Å²) < 4.78 is 7.82. The summed E-state index contributed by atoms with van der Waals surface area (Å²) in [4.78, 5) is 17.0. The van der Waals surface area contributed by atoms with Gasteiger partial charge in [-0.05, 0) is 44.9 Å². The van der Waals surface area contributed by atoms with Gasteiger partial charge in [0.1, 0.15) is 5.69 Å². The molecule has 1 saturated carbocycles. The lowest BCUT2D eigenvalue weighted by Crippen LogP contribution is -2.49. The summed E-state index contributed by atoms with van der Waals surface area (Å²) in [5.41, 5.74) is 1.88. The zero-order valence-corrected chi connectivity index (χ0v) is 13.9. The Bertz CT molecular complexity index is 536. The van der Waals surface area contributed by atoms with E-state index in [1.807, 2.05) is 35.6 Å². The van der Waals surface area contributed by atoms with E-state index in [0.717, 1.165) is 30.4 Å². The Labute approximate surface area is 132 Å². The van der Waals surface area contributed by atoms with E-state index in [0.29, 0.717) is 19.7 Å². The van der Waals surface area contributed by atoms with E-state index in [-0.39, 0.29) is 12.0 Å². The number of aryl methyl sites for hydroxylation is 1. The van der Waals surface area contributed by atoms with Crippen LogP contribution in [0.25, 0.3) is 0 Å². The quantitative estimate of drug-likeness (QED) is 0.828. The maximum atomic E-state index is 12.7. The maximum Gasteiger partial charge on any atom is 0.270 e. The Morgan fingerprint density at radius 1 is 1.36 bits per heavy atom. The molecule has 0 N–H and O–H groups in total. The lowest BCUT2D eigenvalue weighted by molar-refractivity contribution is -0.0336. The van der Waals surface area contributed by atoms with Crippen molar-refractivity contribution in [1.82, 2.24) is 14.4 Å². The SMILES string of the molecule is Cc1ccc(C(=O)N2CCOC(CN(C)CC3CC3)C2)n1C. The minimum Gasteiger partial charge on any atom is -0.373 e. The lowest BCUT2D eigenvalue weighted by atomic mass is 10.2. The van der Waals surface area contributed by atoms with Crippen molar-refractivity contribution in [2.45, 2.75) is 25.9 Å². The number of amides is 1. The van der Waals surface area contributed by atoms with Crippen LogP contribution in [0.2, 0.25) is 0 Å². The summed E-state index contributed by atoms with van der Waals surface area (Å²) in [5, 5.41) is 0. The van der Waals surface area contributed by atoms with Crippen LogP contribution in [-0.4, -0.2) is 66.2 Å². The van der Waals surface area contributed by atoms with Gasteiger partial charge in [0.15, 0.2) is 0 Å². The number of carbonyl (C=O) groups is 1. The summed E-state index contributed by atoms with van der Waals surface area (Å²) in [7, 11) is 4.10. The third-order valence-electron chi connectivity index (χ3n) is 4.80. The molecule has 1 amide bonds. The Hall–Kier alpha value is -1.33. The summed E-state index contributed by atoms with van der Waals surface area (Å²) >= 11 is 0. The highest BCUT2D eigenvalue weighted by Gasteiger charge is 2.29. The first-order chi connectivity index (χ1) is 10.5. The van der Waals surface area contributed by atoms with E-state index >= 15 is 0 Å². The average molecular weight is 305 g/mol. The molecule has 0 bridgehead atoms. The summed E-state index contributed by atoms with van der Waals surface area (Å²) in [5.74, 6) is 1.01. The standard InChI is InChI=1S/C17H27N3O2/c1-13-4-7-16(19(13)3)17(21)20-8-9-22-15(12-20)11-18(2)10-14-5-6-14/h4,7,14-15H,5-6,8-12H2,1-3H3. The van der Waals surface area contributed by atoms with Gasteiger partial charge in [-0.25, -0.2) is 0 Å². The average Bonchev–Trinajstić information content (AvgIpc) is 3.24. The Balaban J connectivity index is 1.57. The van der Waals surface area contributed by atoms with Gasteiger partial charge in [-0.2, -0.15) is 0 Å². The molecule has 1 aliphatic carbocycles. The summed E-state index contributed by atoms with van der Waals surface area (Å²) in [6.07, 6.45) is 2.86. The number of aromatic nitrogens is 1. The summed E-state index contributed by atoms with van der Waals surface area (Å²) in [6.45, 7) is 6.10. The van der Waals surface area contributed by atoms with Gasteiger partial charge in [-0.3, -0.25) is 4.79 Å². The highest BCUT2D eigenvalue weighted by Crippen LogP contribution is 2.29. The van der Waals surface area contributed by atoms with Crippen LogP contribution in [0.15, 0.2) is 12.1 Å². The molecule has 1 aromatic heterocycles. The number of carbonyl (C=O) groups excluding carboxylic acids is 1. The van der Waals surface area contributed by atoms with Gasteiger partial charge in [0.25, 0.3) is 5.91 Å². The molecular weight excluding hydrogens is 278 g/mol. The topological polar surface area (TPSA) is 37.7 Å². The van der Waals surface area contributed by atoms with Gasteiger partial charge in [-0.1, -0.05) is 0 Å². The molecule has 1 unspecified atom stereocenters. The molecule has 1 aliphatic heterocycles. The normalized spacial score (nSPS) is 22.4. The number of rotatable bonds is 5. The van der Waals surface area contributed by atoms with Crippen molar-refractivity contribution in [3.05, 3.63) is 23.5 Å². The van der Waals surface area contributed by atoms with E-state index < -0.39 is 0 Å². The van der Waals surface area contributed by atoms with Crippen LogP contribution in [0.3, 0.4) is 0 Å². The van der Waals surface area contributed by atoms with Gasteiger partial charge in [-0.15, -0.1) is 0 Å². The highest BCUT2D eigenvalue weighted by atomic mass is 16.5. The first kappa shape index (κ1) is 15.6. The van der Waals surface area contributed by atoms with Crippen molar-refractivity contribution in [2.75, 3.05) is 39.8 Å². The van der Waals surface area contributed by atoms with Crippen molar-refractivity contribution in [3.63, 3.8) is 0 Å². The Morgan fingerprint density at radius 2 is 2.14 bits per heavy atom. The Kier molecular flexibility index (Phi) is 4.54. The number of nitrogens with zero attached hydrogens (tertiary/aromatic N) is 3. The van der Waals surface area contributed by atoms with Crippen molar-refractivity contribution in [1.29, 1.82) is 0 Å². The third kappa shape index (κ3) is 3.52. The van der Waals surface area contributed by atoms with Crippen LogP contribution in [0.4, 0.5) is 0 Å². The molecule has 122 valence electrons. The maximum absolute atomic E-state index is 12.7. The molecule has 5 heteroatoms. The Morgan fingerprint density at radius 3 is 2.77 bits per heavy atom. The molecular formula is C17H27N3O2. The molecule has 0 radical (unpaired) electrons. The smallest absolute Gasteiger partial charge is 0.270 e. The predicted molar refractivity (Wildman–Crippen MR) is 86.0 cm³/mol. The molecule has 2 aliphatic rings. The number of ether oxygens (including phenoxy) is 1. The molecule has 2 fully saturated rings. The molecule has 3 rings (SSSR count). The molecule has 1 atom stereocenters. The lowest BCUT2D eigenvalue weighted by Gasteiger charge is -2.35. The number of morpholine rings is 1. The van der Waals surface area contributed by atoms with E-state index in [1.54, 1.807) is 0 Å². The zero-order valence-electron chi connectivity index (χ0n) is 13.9. The van der Waals surface area contributed by atoms with E-state index in [9.17, 15) is 4.79 Å². The van der Waals surface area contributed by atoms with E-state index in [2.05, 4.69) is 11.9 Å². The fourth-order valence-corrected chi connectivity index (χ4v) is 3.17. The molecule has 1 saturated heterocycles. The largest absolute Gasteiger partial charge is 0.373 e. The van der Waals surface area contributed by atoms with Crippen molar-refractivity contribution < 1.29 is 9.53 Å². The van der Waals surface area contributed by atoms with E-state index in [1.165, 1.54) is 12.8 Å². The first-order valence-electron chi connectivity index (χ1n) is 8.26. The van der Waals surface area contributed by atoms with Gasteiger partial charge in [0, 0.05) is 38.9 Å². The van der Waals surface area contributed by atoms with Crippen LogP contribution in [0, 0.1) is 12.8 Å². The molecule has 5 nitrogen and oxygen atoms in total. The first-order valence-corrected chi connectivity index (χ1v) is 8.26. The van der Waals surface area contributed by atoms with E-state index in [4.69, 9.17) is 4.74 Å². The minimum atomic E-state index is 0.119. The summed E-state index contributed by atoms with van der Waals surface area (Å²) in [6, 6.07) is 3.91. The van der Waals surface area contributed by atoms with Gasteiger partial charge >= 0.3 is 0 Å². The minimum absolute atomic E-state index is 0.119. The van der Waals surface area contributed by atoms with Gasteiger partial charge in [0.2, 0.25) is 0 Å². The monoisotopic (exact) mass is 305 g/mol. The number of hydrogen-bond acceptors (Lipinski definition) is 3. The molecule has 0 aromatic carbocycles. The predicted octanol–water partition coefficient (Wildman–Crippen LogP) is 1.52. The second-order valence-corrected chi connectivity index (χ2v) is 6.83. The molecule has 1 aromatic rings. The zero-order chi connectivity index (χ0) is 15.7. The van der Waals surface area contributed by atoms with Crippen LogP contribution in [0.5, 0.6) is 0 Å². The second-order valence-electron chi connectivity index (χ2n) is 6.83. The fraction of sp³-hybridized carbons (Fsp3) is 0.706. The molecule has 2 heterocycles. The van der Waals surface area contributed by atoms with Gasteiger partial charge < -0.3 is 19.1 Å². The number of hydrogen-bond donors (Lipinski definition) is 0. The third-order valence-corrected chi connectivity index (χ3v) is 4.80. The van der Waals surface area contributed by atoms with Crippen LogP contribution < -0.4 is 0 Å². The molecule has 0 spiro atoms. The number of likely N-dealkylation sites (N-methyl/N-ethyl adjacent to an activating group) is 1. The second kappa shape index (κ2) is 6.42. The van der Waals surface area contributed by atoms with Crippen molar-refractivity contribution in [2.24, 2.45) is 13.0 Å². The van der Waals surface area contributed by atoms with Gasteiger partial charge in [0.05, 0.1) is 12.7 Å². The van der Waals surface area contributed by atoms with Crippen molar-refractivity contribution >= 4 is 5.91 Å². The van der Waals surface area contributed by atoms with Crippen LogP contribution in [0.1, 0.15) is 29.0 Å².